The quantitative estimate of drug-likeness (QED) is 0.407. The molecular weight excluding hydrogens is 422 g/mol. The van der Waals surface area contributed by atoms with Crippen LogP contribution in [0.2, 0.25) is 0 Å². The van der Waals surface area contributed by atoms with Crippen LogP contribution in [-0.4, -0.2) is 52.1 Å². The number of carbonyl (C=O) groups is 2. The van der Waals surface area contributed by atoms with Crippen molar-refractivity contribution in [1.82, 2.24) is 15.8 Å². The fraction of sp³-hybridized carbons (Fsp3) is 0.440. The highest BCUT2D eigenvalue weighted by atomic mass is 16.5. The predicted octanol–water partition coefficient (Wildman–Crippen LogP) is 3.70. The number of rotatable bonds is 10. The SMILES string of the molecule is O=C(O)NN(C[C@H](O)[C@H](Cc1ccccc1)NC(=O)OCc1ccccc1)C1CCCCC1. The molecule has 1 saturated carbocycles. The van der Waals surface area contributed by atoms with E-state index >= 15 is 0 Å². The second-order valence-electron chi connectivity index (χ2n) is 8.43. The Balaban J connectivity index is 1.66. The first kappa shape index (κ1) is 24.5. The second-order valence-corrected chi connectivity index (χ2v) is 8.43. The number of carbonyl (C=O) groups excluding carboxylic acids is 1. The van der Waals surface area contributed by atoms with Crippen LogP contribution in [0.25, 0.3) is 0 Å². The lowest BCUT2D eigenvalue weighted by molar-refractivity contribution is 0.0205. The number of nitrogens with one attached hydrogen (secondary N) is 2. The molecule has 2 aromatic rings. The van der Waals surface area contributed by atoms with Crippen molar-refractivity contribution in [2.75, 3.05) is 6.54 Å². The molecule has 1 aliphatic carbocycles. The molecule has 8 heteroatoms. The topological polar surface area (TPSA) is 111 Å². The molecule has 0 aliphatic heterocycles. The molecule has 2 amide bonds. The van der Waals surface area contributed by atoms with Crippen LogP contribution >= 0.6 is 0 Å². The molecule has 8 nitrogen and oxygen atoms in total. The molecule has 2 atom stereocenters. The Bertz CT molecular complexity index is 859. The van der Waals surface area contributed by atoms with Gasteiger partial charge in [0.15, 0.2) is 0 Å². The number of hydrazine groups is 1. The first-order valence-electron chi connectivity index (χ1n) is 11.5. The normalized spacial score (nSPS) is 16.1. The lowest BCUT2D eigenvalue weighted by Gasteiger charge is -2.36. The van der Waals surface area contributed by atoms with Crippen LogP contribution in [0.5, 0.6) is 0 Å². The van der Waals surface area contributed by atoms with Gasteiger partial charge in [0.2, 0.25) is 0 Å². The van der Waals surface area contributed by atoms with Crippen LogP contribution in [0.1, 0.15) is 43.2 Å². The minimum Gasteiger partial charge on any atom is -0.464 e. The molecule has 1 aliphatic rings. The first-order chi connectivity index (χ1) is 16.0. The van der Waals surface area contributed by atoms with Crippen molar-refractivity contribution < 1.29 is 24.5 Å². The van der Waals surface area contributed by atoms with Gasteiger partial charge in [0, 0.05) is 12.6 Å². The van der Waals surface area contributed by atoms with E-state index in [1.807, 2.05) is 60.7 Å². The van der Waals surface area contributed by atoms with E-state index in [0.29, 0.717) is 6.42 Å². The van der Waals surface area contributed by atoms with Gasteiger partial charge in [-0.1, -0.05) is 79.9 Å². The number of carboxylic acid groups (broad SMARTS) is 1. The summed E-state index contributed by atoms with van der Waals surface area (Å²) < 4.78 is 5.35. The highest BCUT2D eigenvalue weighted by molar-refractivity contribution is 5.67. The van der Waals surface area contributed by atoms with E-state index in [-0.39, 0.29) is 19.2 Å². The third kappa shape index (κ3) is 8.40. The lowest BCUT2D eigenvalue weighted by atomic mass is 9.94. The number of hydrogen-bond donors (Lipinski definition) is 4. The fourth-order valence-corrected chi connectivity index (χ4v) is 4.20. The molecule has 0 unspecified atom stereocenters. The summed E-state index contributed by atoms with van der Waals surface area (Å²) in [7, 11) is 0. The summed E-state index contributed by atoms with van der Waals surface area (Å²) in [6, 6.07) is 18.3. The molecule has 0 bridgehead atoms. The van der Waals surface area contributed by atoms with Crippen molar-refractivity contribution in [3.05, 3.63) is 71.8 Å². The molecule has 3 rings (SSSR count). The smallest absolute Gasteiger partial charge is 0.419 e. The number of aliphatic hydroxyl groups is 1. The van der Waals surface area contributed by atoms with E-state index in [0.717, 1.165) is 43.2 Å². The Morgan fingerprint density at radius 2 is 1.58 bits per heavy atom. The van der Waals surface area contributed by atoms with E-state index in [9.17, 15) is 19.8 Å². The van der Waals surface area contributed by atoms with Crippen LogP contribution in [0, 0.1) is 0 Å². The summed E-state index contributed by atoms with van der Waals surface area (Å²) in [5.41, 5.74) is 4.25. The van der Waals surface area contributed by atoms with Gasteiger partial charge in [0.25, 0.3) is 0 Å². The highest BCUT2D eigenvalue weighted by Crippen LogP contribution is 2.22. The van der Waals surface area contributed by atoms with Gasteiger partial charge in [-0.25, -0.2) is 14.6 Å². The number of nitrogens with zero attached hydrogens (tertiary/aromatic N) is 1. The van der Waals surface area contributed by atoms with Gasteiger partial charge in [-0.3, -0.25) is 5.43 Å². The van der Waals surface area contributed by atoms with Crippen molar-refractivity contribution in [2.45, 2.75) is 63.3 Å². The molecule has 178 valence electrons. The summed E-state index contributed by atoms with van der Waals surface area (Å²) in [6.45, 7) is 0.184. The van der Waals surface area contributed by atoms with Crippen LogP contribution < -0.4 is 10.7 Å². The number of amides is 2. The van der Waals surface area contributed by atoms with E-state index in [4.69, 9.17) is 4.74 Å². The van der Waals surface area contributed by atoms with Gasteiger partial charge in [-0.15, -0.1) is 0 Å². The Morgan fingerprint density at radius 3 is 2.18 bits per heavy atom. The number of aliphatic hydroxyl groups excluding tert-OH is 1. The highest BCUT2D eigenvalue weighted by Gasteiger charge is 2.29. The van der Waals surface area contributed by atoms with Gasteiger partial charge >= 0.3 is 12.2 Å². The molecule has 0 spiro atoms. The average Bonchev–Trinajstić information content (AvgIpc) is 2.83. The minimum atomic E-state index is -1.16. The van der Waals surface area contributed by atoms with Gasteiger partial charge in [-0.05, 0) is 30.4 Å². The monoisotopic (exact) mass is 455 g/mol. The van der Waals surface area contributed by atoms with Gasteiger partial charge in [-0.2, -0.15) is 0 Å². The van der Waals surface area contributed by atoms with Crippen LogP contribution in [0.4, 0.5) is 9.59 Å². The predicted molar refractivity (Wildman–Crippen MR) is 124 cm³/mol. The Hall–Kier alpha value is -3.10. The summed E-state index contributed by atoms with van der Waals surface area (Å²) in [4.78, 5) is 23.9. The molecule has 0 aromatic heterocycles. The van der Waals surface area contributed by atoms with E-state index in [1.54, 1.807) is 5.01 Å². The number of alkyl carbamates (subject to hydrolysis) is 1. The largest absolute Gasteiger partial charge is 0.464 e. The minimum absolute atomic E-state index is 0.0203. The number of benzene rings is 2. The maximum atomic E-state index is 12.5. The van der Waals surface area contributed by atoms with Gasteiger partial charge in [0.05, 0.1) is 12.1 Å². The zero-order valence-electron chi connectivity index (χ0n) is 18.7. The van der Waals surface area contributed by atoms with Crippen molar-refractivity contribution in [1.29, 1.82) is 0 Å². The first-order valence-corrected chi connectivity index (χ1v) is 11.5. The Morgan fingerprint density at radius 1 is 0.970 bits per heavy atom. The fourth-order valence-electron chi connectivity index (χ4n) is 4.20. The second kappa shape index (κ2) is 12.8. The van der Waals surface area contributed by atoms with Crippen LogP contribution in [0.3, 0.4) is 0 Å². The summed E-state index contributed by atoms with van der Waals surface area (Å²) in [5.74, 6) is 0. The standard InChI is InChI=1S/C25H33N3O5/c29-23(17-28(27-24(30)31)21-14-8-3-9-15-21)22(16-19-10-4-1-5-11-19)26-25(32)33-18-20-12-6-2-7-13-20/h1-2,4-7,10-13,21-23,27,29H,3,8-9,14-18H2,(H,26,32)(H,30,31)/t22-,23-/m0/s1. The van der Waals surface area contributed by atoms with Crippen molar-refractivity contribution >= 4 is 12.2 Å². The molecule has 0 heterocycles. The lowest BCUT2D eigenvalue weighted by Crippen LogP contribution is -2.56. The van der Waals surface area contributed by atoms with Crippen LogP contribution in [-0.2, 0) is 17.8 Å². The van der Waals surface area contributed by atoms with E-state index in [1.165, 1.54) is 0 Å². The zero-order chi connectivity index (χ0) is 23.5. The molecule has 2 aromatic carbocycles. The van der Waals surface area contributed by atoms with E-state index in [2.05, 4.69) is 10.7 Å². The Labute approximate surface area is 194 Å². The molecule has 0 saturated heterocycles. The maximum Gasteiger partial charge on any atom is 0.419 e. The number of hydrogen-bond acceptors (Lipinski definition) is 5. The Kier molecular flexibility index (Phi) is 9.53. The molecule has 1 fully saturated rings. The third-order valence-corrected chi connectivity index (χ3v) is 5.92. The zero-order valence-corrected chi connectivity index (χ0v) is 18.7. The van der Waals surface area contributed by atoms with Crippen molar-refractivity contribution in [3.63, 3.8) is 0 Å². The van der Waals surface area contributed by atoms with Crippen LogP contribution in [0.15, 0.2) is 60.7 Å². The summed E-state index contributed by atoms with van der Waals surface area (Å²) in [5, 5.41) is 24.8. The van der Waals surface area contributed by atoms with Crippen molar-refractivity contribution in [2.24, 2.45) is 0 Å². The third-order valence-electron chi connectivity index (χ3n) is 5.92. The summed E-state index contributed by atoms with van der Waals surface area (Å²) >= 11 is 0. The summed E-state index contributed by atoms with van der Waals surface area (Å²) in [6.07, 6.45) is 2.48. The molecule has 4 N–H and O–H groups in total. The average molecular weight is 456 g/mol. The van der Waals surface area contributed by atoms with Gasteiger partial charge < -0.3 is 20.3 Å². The molecule has 0 radical (unpaired) electrons. The number of ether oxygens (including phenoxy) is 1. The van der Waals surface area contributed by atoms with Gasteiger partial charge in [0.1, 0.15) is 6.61 Å². The molecular formula is C25H33N3O5. The van der Waals surface area contributed by atoms with Crippen molar-refractivity contribution in [3.8, 4) is 0 Å². The molecule has 33 heavy (non-hydrogen) atoms. The van der Waals surface area contributed by atoms with E-state index < -0.39 is 24.3 Å². The maximum absolute atomic E-state index is 12.5.